The van der Waals surface area contributed by atoms with Crippen LogP contribution in [0.2, 0.25) is 0 Å². The highest BCUT2D eigenvalue weighted by molar-refractivity contribution is 6.65. The number of aromatic amines is 1. The number of hydrogen-bond acceptors (Lipinski definition) is 9. The van der Waals surface area contributed by atoms with E-state index in [9.17, 15) is 14.4 Å². The van der Waals surface area contributed by atoms with Crippen LogP contribution >= 0.6 is 0 Å². The van der Waals surface area contributed by atoms with Crippen molar-refractivity contribution in [2.24, 2.45) is 11.5 Å². The third kappa shape index (κ3) is 7.56. The van der Waals surface area contributed by atoms with Crippen molar-refractivity contribution in [2.75, 3.05) is 52.5 Å². The quantitative estimate of drug-likeness (QED) is 0.186. The van der Waals surface area contributed by atoms with Gasteiger partial charge in [0.25, 0.3) is 17.7 Å². The van der Waals surface area contributed by atoms with E-state index in [1.807, 2.05) is 52.3 Å². The van der Waals surface area contributed by atoms with E-state index in [1.54, 1.807) is 29.2 Å². The summed E-state index contributed by atoms with van der Waals surface area (Å²) in [5, 5.41) is 0.872. The Balaban J connectivity index is 0.714. The lowest BCUT2D eigenvalue weighted by molar-refractivity contribution is -0.132. The molecule has 0 radical (unpaired) electrons. The molecule has 2 atom stereocenters. The molecule has 4 fully saturated rings. The number of nitrogens with zero attached hydrogens (tertiary/aromatic N) is 3. The van der Waals surface area contributed by atoms with Gasteiger partial charge in [-0.05, 0) is 95.5 Å². The molecule has 1 spiro atoms. The standard InChI is InChI=1S/C47H51BN6O7/c49-24-30-4-1-5-33(20-30)32-12-16-52(17-13-32)45(56)34-6-2-7-35(22-34)58-28-44(55)54-26-42-43(27-54)61-48(60-42)38-8-3-9-39-36(38)23-40(51-39)46(57)53-18-14-47(15-19-53)29-59-41-11-10-31(25-50)21-37(41)47/h1-11,20-23,32,42-43,51H,12-19,24-29,49-50H2. The summed E-state index contributed by atoms with van der Waals surface area (Å²) in [5.74, 6) is 1.55. The Kier molecular flexibility index (Phi) is 10.6. The maximum atomic E-state index is 13.9. The van der Waals surface area contributed by atoms with Crippen molar-refractivity contribution in [3.63, 3.8) is 0 Å². The summed E-state index contributed by atoms with van der Waals surface area (Å²) >= 11 is 0. The van der Waals surface area contributed by atoms with Gasteiger partial charge in [0.2, 0.25) is 0 Å². The first-order chi connectivity index (χ1) is 29.8. The predicted molar refractivity (Wildman–Crippen MR) is 231 cm³/mol. The molecule has 61 heavy (non-hydrogen) atoms. The Bertz CT molecular complexity index is 2460. The fourth-order valence-electron chi connectivity index (χ4n) is 9.99. The molecule has 0 saturated carbocycles. The molecule has 5 N–H and O–H groups in total. The van der Waals surface area contributed by atoms with Gasteiger partial charge in [-0.25, -0.2) is 0 Å². The summed E-state index contributed by atoms with van der Waals surface area (Å²) in [4.78, 5) is 49.5. The third-order valence-electron chi connectivity index (χ3n) is 13.6. The summed E-state index contributed by atoms with van der Waals surface area (Å²) in [6, 6.07) is 29.5. The highest BCUT2D eigenvalue weighted by Gasteiger charge is 2.48. The average Bonchev–Trinajstić information content (AvgIpc) is 4.11. The summed E-state index contributed by atoms with van der Waals surface area (Å²) < 4.78 is 24.8. The fraction of sp³-hybridized carbons (Fsp3) is 0.383. The van der Waals surface area contributed by atoms with Gasteiger partial charge < -0.3 is 49.9 Å². The van der Waals surface area contributed by atoms with Crippen LogP contribution in [0.25, 0.3) is 10.9 Å². The lowest BCUT2D eigenvalue weighted by atomic mass is 9.74. The molecular weight excluding hydrogens is 771 g/mol. The maximum absolute atomic E-state index is 13.9. The highest BCUT2D eigenvalue weighted by atomic mass is 16.7. The summed E-state index contributed by atoms with van der Waals surface area (Å²) in [6.45, 7) is 4.83. The number of benzene rings is 4. The number of nitrogens with one attached hydrogen (secondary N) is 1. The van der Waals surface area contributed by atoms with Gasteiger partial charge >= 0.3 is 7.12 Å². The molecule has 10 rings (SSSR count). The van der Waals surface area contributed by atoms with Crippen molar-refractivity contribution >= 4 is 41.2 Å². The van der Waals surface area contributed by atoms with Gasteiger partial charge in [0.05, 0.1) is 18.8 Å². The molecule has 4 saturated heterocycles. The molecule has 6 heterocycles. The van der Waals surface area contributed by atoms with Crippen molar-refractivity contribution in [3.05, 3.63) is 125 Å². The molecule has 314 valence electrons. The zero-order valence-corrected chi connectivity index (χ0v) is 34.2. The van der Waals surface area contributed by atoms with E-state index in [0.717, 1.165) is 58.9 Å². The number of hydrogen-bond donors (Lipinski definition) is 3. The Morgan fingerprint density at radius 3 is 2.26 bits per heavy atom. The van der Waals surface area contributed by atoms with E-state index in [-0.39, 0.29) is 42.0 Å². The lowest BCUT2D eigenvalue weighted by Crippen LogP contribution is -2.46. The molecule has 14 heteroatoms. The van der Waals surface area contributed by atoms with Crippen LogP contribution < -0.4 is 26.4 Å². The highest BCUT2D eigenvalue weighted by Crippen LogP contribution is 2.46. The zero-order valence-electron chi connectivity index (χ0n) is 34.2. The van der Waals surface area contributed by atoms with Crippen molar-refractivity contribution in [1.29, 1.82) is 0 Å². The van der Waals surface area contributed by atoms with Crippen LogP contribution in [-0.4, -0.2) is 109 Å². The first-order valence-corrected chi connectivity index (χ1v) is 21.5. The lowest BCUT2D eigenvalue weighted by Gasteiger charge is -2.38. The second-order valence-corrected chi connectivity index (χ2v) is 17.2. The van der Waals surface area contributed by atoms with Crippen molar-refractivity contribution in [2.45, 2.75) is 62.3 Å². The smallest absolute Gasteiger partial charge is 0.492 e. The molecule has 5 aromatic rings. The number of ether oxygens (including phenoxy) is 2. The van der Waals surface area contributed by atoms with E-state index in [1.165, 1.54) is 11.1 Å². The number of H-pyrrole nitrogens is 1. The number of amides is 3. The Hall–Kier alpha value is -5.67. The van der Waals surface area contributed by atoms with Crippen LogP contribution in [0.4, 0.5) is 0 Å². The van der Waals surface area contributed by atoms with Gasteiger partial charge in [-0.2, -0.15) is 0 Å². The number of carbonyl (C=O) groups excluding carboxylic acids is 3. The summed E-state index contributed by atoms with van der Waals surface area (Å²) in [5.41, 5.74) is 19.1. The van der Waals surface area contributed by atoms with Gasteiger partial charge in [-0.1, -0.05) is 54.6 Å². The van der Waals surface area contributed by atoms with Crippen molar-refractivity contribution in [1.82, 2.24) is 19.7 Å². The third-order valence-corrected chi connectivity index (χ3v) is 13.6. The molecular formula is C47H51BN6O7. The van der Waals surface area contributed by atoms with Crippen LogP contribution in [0.1, 0.15) is 74.7 Å². The Labute approximate surface area is 355 Å². The topological polar surface area (TPSA) is 166 Å². The number of piperidine rings is 2. The average molecular weight is 823 g/mol. The first-order valence-electron chi connectivity index (χ1n) is 21.5. The number of rotatable bonds is 9. The number of nitrogens with two attached hydrogens (primary N) is 2. The van der Waals surface area contributed by atoms with Crippen LogP contribution in [0.5, 0.6) is 11.5 Å². The van der Waals surface area contributed by atoms with Crippen LogP contribution in [0.15, 0.2) is 91.0 Å². The monoisotopic (exact) mass is 822 g/mol. The largest absolute Gasteiger partial charge is 0.495 e. The van der Waals surface area contributed by atoms with Crippen LogP contribution in [-0.2, 0) is 32.6 Å². The van der Waals surface area contributed by atoms with E-state index in [4.69, 9.17) is 30.2 Å². The molecule has 5 aliphatic rings. The molecule has 4 aromatic carbocycles. The molecule has 1 aromatic heterocycles. The second kappa shape index (κ2) is 16.3. The summed E-state index contributed by atoms with van der Waals surface area (Å²) in [6.07, 6.45) is 2.83. The molecule has 13 nitrogen and oxygen atoms in total. The van der Waals surface area contributed by atoms with Gasteiger partial charge in [0, 0.05) is 74.4 Å². The fourth-order valence-corrected chi connectivity index (χ4v) is 9.99. The van der Waals surface area contributed by atoms with E-state index < -0.39 is 7.12 Å². The van der Waals surface area contributed by atoms with Crippen molar-refractivity contribution in [3.8, 4) is 11.5 Å². The van der Waals surface area contributed by atoms with Gasteiger partial charge in [-0.15, -0.1) is 0 Å². The normalized spacial score (nSPS) is 20.9. The van der Waals surface area contributed by atoms with Crippen LogP contribution in [0, 0.1) is 0 Å². The number of likely N-dealkylation sites (tertiary alicyclic amines) is 3. The Morgan fingerprint density at radius 2 is 1.49 bits per heavy atom. The van der Waals surface area contributed by atoms with E-state index >= 15 is 0 Å². The predicted octanol–water partition coefficient (Wildman–Crippen LogP) is 4.07. The SMILES string of the molecule is NCc1cccc(C2CCN(C(=O)c3cccc(OCC(=O)N4CC5OB(c6cccc7[nH]c(C(=O)N8CCC9(CC8)COc8ccc(CN)cc89)cc67)OC5C4)c3)CC2)c1. The van der Waals surface area contributed by atoms with Gasteiger partial charge in [-0.3, -0.25) is 14.4 Å². The molecule has 0 bridgehead atoms. The van der Waals surface area contributed by atoms with Gasteiger partial charge in [0.15, 0.2) is 6.61 Å². The molecule has 2 unspecified atom stereocenters. The van der Waals surface area contributed by atoms with E-state index in [0.29, 0.717) is 81.9 Å². The maximum Gasteiger partial charge on any atom is 0.495 e. The summed E-state index contributed by atoms with van der Waals surface area (Å²) in [7, 11) is -0.630. The number of carbonyl (C=O) groups is 3. The number of aromatic nitrogens is 1. The number of fused-ring (bicyclic) bond motifs is 4. The minimum absolute atomic E-state index is 0.0342. The van der Waals surface area contributed by atoms with Gasteiger partial charge in [0.1, 0.15) is 17.2 Å². The molecule has 0 aliphatic carbocycles. The van der Waals surface area contributed by atoms with Crippen molar-refractivity contribution < 1.29 is 33.2 Å². The molecule has 5 aliphatic heterocycles. The van der Waals surface area contributed by atoms with E-state index in [2.05, 4.69) is 29.2 Å². The Morgan fingerprint density at radius 1 is 0.770 bits per heavy atom. The minimum atomic E-state index is -0.630. The first kappa shape index (κ1) is 39.5. The van der Waals surface area contributed by atoms with Crippen LogP contribution in [0.3, 0.4) is 0 Å². The second-order valence-electron chi connectivity index (χ2n) is 17.2. The zero-order chi connectivity index (χ0) is 41.7. The molecule has 3 amide bonds. The minimum Gasteiger partial charge on any atom is -0.492 e.